The maximum atomic E-state index is 5.86. The number of hydrogen-bond acceptors (Lipinski definition) is 4. The summed E-state index contributed by atoms with van der Waals surface area (Å²) in [4.78, 5) is 6.94. The van der Waals surface area contributed by atoms with Gasteiger partial charge in [-0.2, -0.15) is 4.98 Å². The lowest BCUT2D eigenvalue weighted by Crippen LogP contribution is -2.34. The summed E-state index contributed by atoms with van der Waals surface area (Å²) >= 11 is 0. The van der Waals surface area contributed by atoms with E-state index in [1.807, 2.05) is 19.1 Å². The van der Waals surface area contributed by atoms with E-state index in [1.165, 1.54) is 12.8 Å². The summed E-state index contributed by atoms with van der Waals surface area (Å²) in [6, 6.07) is 4.47. The Kier molecular flexibility index (Phi) is 3.94. The molecule has 0 radical (unpaired) electrons. The van der Waals surface area contributed by atoms with E-state index >= 15 is 0 Å². The van der Waals surface area contributed by atoms with Gasteiger partial charge in [0, 0.05) is 12.6 Å². The summed E-state index contributed by atoms with van der Waals surface area (Å²) in [5, 5.41) is 0. The Hall–Kier alpha value is -1.45. The number of anilines is 2. The number of nitrogen functional groups attached to an aromatic ring is 1. The monoisotopic (exact) mass is 249 g/mol. The molecule has 0 saturated carbocycles. The smallest absolute Gasteiger partial charge is 0.239 e. The van der Waals surface area contributed by atoms with E-state index in [0.717, 1.165) is 12.4 Å². The maximum Gasteiger partial charge on any atom is 0.239 e. The molecule has 0 aliphatic carbocycles. The molecule has 1 aliphatic rings. The molecule has 1 aromatic heterocycles. The Balaban J connectivity index is 2.24. The lowest BCUT2D eigenvalue weighted by molar-refractivity contribution is 0.328. The van der Waals surface area contributed by atoms with E-state index in [9.17, 15) is 0 Å². The maximum absolute atomic E-state index is 5.86. The molecule has 2 heterocycles. The van der Waals surface area contributed by atoms with Gasteiger partial charge in [-0.15, -0.1) is 0 Å². The molecule has 0 spiro atoms. The van der Waals surface area contributed by atoms with Crippen molar-refractivity contribution >= 4 is 11.5 Å². The first-order chi connectivity index (χ1) is 8.63. The number of hydrogen-bond donors (Lipinski definition) is 1. The quantitative estimate of drug-likeness (QED) is 0.891. The minimum atomic E-state index is 0.560. The Morgan fingerprint density at radius 1 is 1.50 bits per heavy atom. The number of ether oxygens (including phenoxy) is 1. The van der Waals surface area contributed by atoms with Gasteiger partial charge in [-0.1, -0.05) is 13.8 Å². The Bertz CT molecular complexity index is 406. The number of aromatic nitrogens is 1. The van der Waals surface area contributed by atoms with Crippen molar-refractivity contribution in [1.82, 2.24) is 4.98 Å². The molecule has 4 nitrogen and oxygen atoms in total. The largest absolute Gasteiger partial charge is 0.476 e. The van der Waals surface area contributed by atoms with E-state index in [1.54, 1.807) is 0 Å². The van der Waals surface area contributed by atoms with Gasteiger partial charge in [0.05, 0.1) is 12.3 Å². The molecule has 4 heteroatoms. The van der Waals surface area contributed by atoms with Crippen LogP contribution in [0, 0.1) is 5.92 Å². The highest BCUT2D eigenvalue weighted by Crippen LogP contribution is 2.31. The van der Waals surface area contributed by atoms with Gasteiger partial charge in [0.25, 0.3) is 0 Å². The highest BCUT2D eigenvalue weighted by molar-refractivity contribution is 5.55. The Morgan fingerprint density at radius 2 is 2.28 bits per heavy atom. The van der Waals surface area contributed by atoms with Gasteiger partial charge >= 0.3 is 0 Å². The predicted octanol–water partition coefficient (Wildman–Crippen LogP) is 2.69. The second-order valence-electron chi connectivity index (χ2n) is 5.14. The SMILES string of the molecule is CCOc1nc(N2CCCC2C(C)C)ccc1N. The molecule has 2 rings (SSSR count). The standard InChI is InChI=1S/C14H23N3O/c1-4-18-14-11(15)7-8-13(16-14)17-9-5-6-12(17)10(2)3/h7-8,10,12H,4-6,9,15H2,1-3H3. The summed E-state index contributed by atoms with van der Waals surface area (Å²) in [6.45, 7) is 8.15. The highest BCUT2D eigenvalue weighted by Gasteiger charge is 2.28. The third kappa shape index (κ3) is 2.52. The van der Waals surface area contributed by atoms with Crippen LogP contribution >= 0.6 is 0 Å². The summed E-state index contributed by atoms with van der Waals surface area (Å²) in [7, 11) is 0. The lowest BCUT2D eigenvalue weighted by Gasteiger charge is -2.29. The van der Waals surface area contributed by atoms with Crippen molar-refractivity contribution in [3.05, 3.63) is 12.1 Å². The van der Waals surface area contributed by atoms with Crippen LogP contribution in [0.5, 0.6) is 5.88 Å². The zero-order valence-corrected chi connectivity index (χ0v) is 11.5. The topological polar surface area (TPSA) is 51.4 Å². The van der Waals surface area contributed by atoms with Gasteiger partial charge in [-0.05, 0) is 37.8 Å². The minimum absolute atomic E-state index is 0.560. The first-order valence-electron chi connectivity index (χ1n) is 6.79. The van der Waals surface area contributed by atoms with Crippen molar-refractivity contribution < 1.29 is 4.74 Å². The fourth-order valence-corrected chi connectivity index (χ4v) is 2.62. The van der Waals surface area contributed by atoms with E-state index in [2.05, 4.69) is 23.7 Å². The summed E-state index contributed by atoms with van der Waals surface area (Å²) in [5.74, 6) is 2.19. The van der Waals surface area contributed by atoms with E-state index < -0.39 is 0 Å². The van der Waals surface area contributed by atoms with Crippen LogP contribution in [0.25, 0.3) is 0 Å². The molecule has 1 atom stereocenters. The molecule has 0 bridgehead atoms. The van der Waals surface area contributed by atoms with Crippen molar-refractivity contribution in [3.63, 3.8) is 0 Å². The van der Waals surface area contributed by atoms with E-state index in [0.29, 0.717) is 30.1 Å². The molecule has 1 aromatic rings. The zero-order valence-electron chi connectivity index (χ0n) is 11.5. The van der Waals surface area contributed by atoms with Crippen LogP contribution in [0.3, 0.4) is 0 Å². The molecule has 100 valence electrons. The normalized spacial score (nSPS) is 19.6. The summed E-state index contributed by atoms with van der Waals surface area (Å²) in [5.41, 5.74) is 6.47. The van der Waals surface area contributed by atoms with Crippen LogP contribution in [0.2, 0.25) is 0 Å². The first kappa shape index (κ1) is 13.0. The Labute approximate surface area is 109 Å². The molecule has 18 heavy (non-hydrogen) atoms. The van der Waals surface area contributed by atoms with Crippen LogP contribution in [0.15, 0.2) is 12.1 Å². The fraction of sp³-hybridized carbons (Fsp3) is 0.643. The van der Waals surface area contributed by atoms with Crippen molar-refractivity contribution in [2.24, 2.45) is 5.92 Å². The Morgan fingerprint density at radius 3 is 2.94 bits per heavy atom. The van der Waals surface area contributed by atoms with Crippen LogP contribution in [0.1, 0.15) is 33.6 Å². The van der Waals surface area contributed by atoms with Gasteiger partial charge in [-0.3, -0.25) is 0 Å². The van der Waals surface area contributed by atoms with Gasteiger partial charge in [0.1, 0.15) is 5.82 Å². The number of nitrogens with zero attached hydrogens (tertiary/aromatic N) is 2. The fourth-order valence-electron chi connectivity index (χ4n) is 2.62. The van der Waals surface area contributed by atoms with Crippen LogP contribution in [-0.2, 0) is 0 Å². The molecule has 2 N–H and O–H groups in total. The number of rotatable bonds is 4. The van der Waals surface area contributed by atoms with Gasteiger partial charge in [0.15, 0.2) is 0 Å². The second-order valence-corrected chi connectivity index (χ2v) is 5.14. The predicted molar refractivity (Wildman–Crippen MR) is 75.0 cm³/mol. The molecule has 1 aliphatic heterocycles. The van der Waals surface area contributed by atoms with Crippen molar-refractivity contribution in [2.75, 3.05) is 23.8 Å². The van der Waals surface area contributed by atoms with Crippen LogP contribution in [0.4, 0.5) is 11.5 Å². The van der Waals surface area contributed by atoms with Crippen molar-refractivity contribution in [1.29, 1.82) is 0 Å². The third-order valence-electron chi connectivity index (χ3n) is 3.52. The number of pyridine rings is 1. The molecule has 1 fully saturated rings. The lowest BCUT2D eigenvalue weighted by atomic mass is 10.0. The van der Waals surface area contributed by atoms with Crippen molar-refractivity contribution in [3.8, 4) is 5.88 Å². The third-order valence-corrected chi connectivity index (χ3v) is 3.52. The first-order valence-corrected chi connectivity index (χ1v) is 6.79. The van der Waals surface area contributed by atoms with Gasteiger partial charge in [-0.25, -0.2) is 0 Å². The van der Waals surface area contributed by atoms with Gasteiger partial charge in [0.2, 0.25) is 5.88 Å². The minimum Gasteiger partial charge on any atom is -0.476 e. The number of nitrogens with two attached hydrogens (primary N) is 1. The van der Waals surface area contributed by atoms with Crippen LogP contribution in [-0.4, -0.2) is 24.2 Å². The molecule has 0 aromatic carbocycles. The molecule has 1 unspecified atom stereocenters. The van der Waals surface area contributed by atoms with Crippen molar-refractivity contribution in [2.45, 2.75) is 39.7 Å². The van der Waals surface area contributed by atoms with E-state index in [-0.39, 0.29) is 0 Å². The van der Waals surface area contributed by atoms with Gasteiger partial charge < -0.3 is 15.4 Å². The summed E-state index contributed by atoms with van der Waals surface area (Å²) < 4.78 is 5.47. The zero-order chi connectivity index (χ0) is 13.1. The molecular formula is C14H23N3O. The molecule has 1 saturated heterocycles. The molecule has 0 amide bonds. The second kappa shape index (κ2) is 5.46. The summed E-state index contributed by atoms with van der Waals surface area (Å²) in [6.07, 6.45) is 2.48. The average Bonchev–Trinajstić information content (AvgIpc) is 2.81. The highest BCUT2D eigenvalue weighted by atomic mass is 16.5. The molecular weight excluding hydrogens is 226 g/mol. The van der Waals surface area contributed by atoms with Crippen LogP contribution < -0.4 is 15.4 Å². The van der Waals surface area contributed by atoms with E-state index in [4.69, 9.17) is 10.5 Å². The average molecular weight is 249 g/mol.